The molecule has 0 saturated carbocycles. The van der Waals surface area contributed by atoms with E-state index < -0.39 is 0 Å². The van der Waals surface area contributed by atoms with E-state index in [4.69, 9.17) is 10.5 Å². The zero-order valence-electron chi connectivity index (χ0n) is 9.88. The van der Waals surface area contributed by atoms with Crippen molar-refractivity contribution in [3.63, 3.8) is 0 Å². The van der Waals surface area contributed by atoms with Crippen LogP contribution in [0.5, 0.6) is 11.6 Å². The van der Waals surface area contributed by atoms with Crippen LogP contribution >= 0.6 is 15.9 Å². The van der Waals surface area contributed by atoms with Crippen molar-refractivity contribution in [2.45, 2.75) is 0 Å². The Kier molecular flexibility index (Phi) is 3.05. The summed E-state index contributed by atoms with van der Waals surface area (Å²) in [5.74, 6) is 1.33. The normalized spacial score (nSPS) is 10.6. The molecule has 0 spiro atoms. The van der Waals surface area contributed by atoms with Crippen LogP contribution in [0.3, 0.4) is 0 Å². The number of nitrogens with two attached hydrogens (primary N) is 1. The SMILES string of the molecule is Nc1nc(Oc2ccccc2Br)c2ccccc2n1. The minimum Gasteiger partial charge on any atom is -0.437 e. The molecule has 2 N–H and O–H groups in total. The number of benzene rings is 2. The van der Waals surface area contributed by atoms with Gasteiger partial charge in [0.05, 0.1) is 15.4 Å². The van der Waals surface area contributed by atoms with E-state index in [9.17, 15) is 0 Å². The molecule has 0 amide bonds. The Morgan fingerprint density at radius 2 is 1.68 bits per heavy atom. The van der Waals surface area contributed by atoms with E-state index in [2.05, 4.69) is 25.9 Å². The van der Waals surface area contributed by atoms with Gasteiger partial charge in [-0.05, 0) is 40.2 Å². The maximum Gasteiger partial charge on any atom is 0.232 e. The van der Waals surface area contributed by atoms with Gasteiger partial charge in [-0.15, -0.1) is 0 Å². The summed E-state index contributed by atoms with van der Waals surface area (Å²) < 4.78 is 6.68. The Morgan fingerprint density at radius 1 is 0.947 bits per heavy atom. The lowest BCUT2D eigenvalue weighted by atomic mass is 10.2. The van der Waals surface area contributed by atoms with Crippen LogP contribution in [0.2, 0.25) is 0 Å². The lowest BCUT2D eigenvalue weighted by molar-refractivity contribution is 0.466. The fourth-order valence-corrected chi connectivity index (χ4v) is 2.14. The first-order valence-corrected chi connectivity index (χ1v) is 6.48. The second-order valence-corrected chi connectivity index (χ2v) is 4.79. The van der Waals surface area contributed by atoms with Gasteiger partial charge in [-0.2, -0.15) is 4.98 Å². The van der Waals surface area contributed by atoms with Gasteiger partial charge in [0.15, 0.2) is 0 Å². The molecule has 0 atom stereocenters. The fraction of sp³-hybridized carbons (Fsp3) is 0. The lowest BCUT2D eigenvalue weighted by Crippen LogP contribution is -1.98. The van der Waals surface area contributed by atoms with Crippen molar-refractivity contribution in [2.24, 2.45) is 0 Å². The van der Waals surface area contributed by atoms with Gasteiger partial charge in [-0.3, -0.25) is 0 Å². The van der Waals surface area contributed by atoms with Gasteiger partial charge in [-0.1, -0.05) is 24.3 Å². The van der Waals surface area contributed by atoms with Crippen molar-refractivity contribution in [2.75, 3.05) is 5.73 Å². The number of para-hydroxylation sites is 2. The van der Waals surface area contributed by atoms with E-state index in [1.54, 1.807) is 0 Å². The number of hydrogen-bond donors (Lipinski definition) is 1. The Morgan fingerprint density at radius 3 is 2.53 bits per heavy atom. The van der Waals surface area contributed by atoms with Gasteiger partial charge in [0.25, 0.3) is 0 Å². The van der Waals surface area contributed by atoms with Gasteiger partial charge in [-0.25, -0.2) is 4.98 Å². The molecule has 4 nitrogen and oxygen atoms in total. The smallest absolute Gasteiger partial charge is 0.232 e. The second kappa shape index (κ2) is 4.85. The number of anilines is 1. The Bertz CT molecular complexity index is 746. The third-order valence-electron chi connectivity index (χ3n) is 2.63. The predicted molar refractivity (Wildman–Crippen MR) is 78.2 cm³/mol. The van der Waals surface area contributed by atoms with E-state index in [-0.39, 0.29) is 5.95 Å². The van der Waals surface area contributed by atoms with E-state index in [0.717, 1.165) is 15.4 Å². The number of rotatable bonds is 2. The molecule has 3 rings (SSSR count). The standard InChI is InChI=1S/C14H10BrN3O/c15-10-6-2-4-8-12(10)19-13-9-5-1-3-7-11(9)17-14(16)18-13/h1-8H,(H2,16,17,18). The second-order valence-electron chi connectivity index (χ2n) is 3.94. The first-order chi connectivity index (χ1) is 9.24. The summed E-state index contributed by atoms with van der Waals surface area (Å²) in [7, 11) is 0. The number of aromatic nitrogens is 2. The zero-order valence-corrected chi connectivity index (χ0v) is 11.5. The maximum absolute atomic E-state index is 5.83. The number of nitrogen functional groups attached to an aromatic ring is 1. The fourth-order valence-electron chi connectivity index (χ4n) is 1.77. The summed E-state index contributed by atoms with van der Waals surface area (Å²) in [4.78, 5) is 8.34. The highest BCUT2D eigenvalue weighted by Gasteiger charge is 2.09. The average molecular weight is 316 g/mol. The van der Waals surface area contributed by atoms with Gasteiger partial charge in [0.2, 0.25) is 11.8 Å². The summed E-state index contributed by atoms with van der Waals surface area (Å²) in [6.45, 7) is 0. The molecule has 0 aliphatic carbocycles. The molecule has 0 aliphatic heterocycles. The first kappa shape index (κ1) is 11.9. The van der Waals surface area contributed by atoms with E-state index in [1.165, 1.54) is 0 Å². The molecular weight excluding hydrogens is 306 g/mol. The molecule has 19 heavy (non-hydrogen) atoms. The van der Waals surface area contributed by atoms with Crippen LogP contribution in [0.15, 0.2) is 53.0 Å². The van der Waals surface area contributed by atoms with Crippen LogP contribution in [0.4, 0.5) is 5.95 Å². The van der Waals surface area contributed by atoms with Crippen molar-refractivity contribution >= 4 is 32.8 Å². The maximum atomic E-state index is 5.83. The first-order valence-electron chi connectivity index (χ1n) is 5.69. The van der Waals surface area contributed by atoms with Crippen LogP contribution < -0.4 is 10.5 Å². The molecule has 2 aromatic carbocycles. The van der Waals surface area contributed by atoms with Crippen LogP contribution in [0, 0.1) is 0 Å². The van der Waals surface area contributed by atoms with Crippen molar-refractivity contribution in [3.05, 3.63) is 53.0 Å². The molecule has 0 fully saturated rings. The molecule has 3 aromatic rings. The topological polar surface area (TPSA) is 61.0 Å². The van der Waals surface area contributed by atoms with E-state index in [0.29, 0.717) is 11.6 Å². The van der Waals surface area contributed by atoms with Crippen LogP contribution in [-0.4, -0.2) is 9.97 Å². The molecule has 0 unspecified atom stereocenters. The Labute approximate surface area is 118 Å². The van der Waals surface area contributed by atoms with Crippen molar-refractivity contribution in [3.8, 4) is 11.6 Å². The minimum atomic E-state index is 0.195. The quantitative estimate of drug-likeness (QED) is 0.782. The summed E-state index contributed by atoms with van der Waals surface area (Å²) in [5, 5.41) is 0.826. The number of halogens is 1. The third-order valence-corrected chi connectivity index (χ3v) is 3.28. The zero-order chi connectivity index (χ0) is 13.2. The van der Waals surface area contributed by atoms with Crippen LogP contribution in [-0.2, 0) is 0 Å². The summed E-state index contributed by atoms with van der Waals surface area (Å²) in [6.07, 6.45) is 0. The third kappa shape index (κ3) is 2.37. The molecule has 94 valence electrons. The Hall–Kier alpha value is -2.14. The number of fused-ring (bicyclic) bond motifs is 1. The monoisotopic (exact) mass is 315 g/mol. The number of ether oxygens (including phenoxy) is 1. The minimum absolute atomic E-state index is 0.195. The predicted octanol–water partition coefficient (Wildman–Crippen LogP) is 3.77. The lowest BCUT2D eigenvalue weighted by Gasteiger charge is -2.09. The molecular formula is C14H10BrN3O. The molecule has 1 heterocycles. The average Bonchev–Trinajstić information content (AvgIpc) is 2.41. The number of nitrogens with zero attached hydrogens (tertiary/aromatic N) is 2. The molecule has 0 saturated heterocycles. The Balaban J connectivity index is 2.13. The molecule has 1 aromatic heterocycles. The molecule has 0 bridgehead atoms. The molecule has 0 aliphatic rings. The van der Waals surface area contributed by atoms with Gasteiger partial charge in [0.1, 0.15) is 5.75 Å². The summed E-state index contributed by atoms with van der Waals surface area (Å²) >= 11 is 3.44. The molecule has 0 radical (unpaired) electrons. The van der Waals surface area contributed by atoms with Gasteiger partial charge < -0.3 is 10.5 Å². The van der Waals surface area contributed by atoms with Gasteiger partial charge >= 0.3 is 0 Å². The highest BCUT2D eigenvalue weighted by Crippen LogP contribution is 2.32. The summed E-state index contributed by atoms with van der Waals surface area (Å²) in [5.41, 5.74) is 6.46. The van der Waals surface area contributed by atoms with E-state index in [1.807, 2.05) is 48.5 Å². The highest BCUT2D eigenvalue weighted by molar-refractivity contribution is 9.10. The highest BCUT2D eigenvalue weighted by atomic mass is 79.9. The number of hydrogen-bond acceptors (Lipinski definition) is 4. The van der Waals surface area contributed by atoms with Crippen LogP contribution in [0.1, 0.15) is 0 Å². The van der Waals surface area contributed by atoms with Crippen molar-refractivity contribution in [1.29, 1.82) is 0 Å². The van der Waals surface area contributed by atoms with E-state index >= 15 is 0 Å². The van der Waals surface area contributed by atoms with Gasteiger partial charge in [0, 0.05) is 0 Å². The van der Waals surface area contributed by atoms with Crippen molar-refractivity contribution in [1.82, 2.24) is 9.97 Å². The van der Waals surface area contributed by atoms with Crippen LogP contribution in [0.25, 0.3) is 10.9 Å². The largest absolute Gasteiger partial charge is 0.437 e. The molecule has 5 heteroatoms. The summed E-state index contributed by atoms with van der Waals surface area (Å²) in [6, 6.07) is 15.2. The van der Waals surface area contributed by atoms with Crippen molar-refractivity contribution < 1.29 is 4.74 Å².